The lowest BCUT2D eigenvalue weighted by atomic mass is 9.98. The summed E-state index contributed by atoms with van der Waals surface area (Å²) >= 11 is 0. The van der Waals surface area contributed by atoms with Crippen molar-refractivity contribution >= 4 is 11.8 Å². The van der Waals surface area contributed by atoms with E-state index in [1.165, 1.54) is 6.92 Å². The number of carbonyl (C=O) groups is 2. The van der Waals surface area contributed by atoms with Gasteiger partial charge in [0, 0.05) is 18.3 Å². The van der Waals surface area contributed by atoms with Gasteiger partial charge in [-0.1, -0.05) is 12.1 Å². The Balaban J connectivity index is 2.23. The van der Waals surface area contributed by atoms with Gasteiger partial charge in [-0.3, -0.25) is 25.0 Å². The summed E-state index contributed by atoms with van der Waals surface area (Å²) in [6.45, 7) is 1.52. The van der Waals surface area contributed by atoms with Gasteiger partial charge in [-0.25, -0.2) is 0 Å². The highest BCUT2D eigenvalue weighted by atomic mass is 16.6. The normalized spacial score (nSPS) is 15.2. The third kappa shape index (κ3) is 2.09. The Kier molecular flexibility index (Phi) is 3.10. The molecular weight excluding hydrogens is 236 g/mol. The first-order valence-electron chi connectivity index (χ1n) is 5.61. The molecule has 0 aromatic heterocycles. The lowest BCUT2D eigenvalue weighted by Crippen LogP contribution is -2.20. The second-order valence-corrected chi connectivity index (χ2v) is 4.30. The average Bonchev–Trinajstić information content (AvgIpc) is 2.62. The summed E-state index contributed by atoms with van der Waals surface area (Å²) in [5, 5.41) is 12.8. The van der Waals surface area contributed by atoms with Crippen molar-refractivity contribution < 1.29 is 14.5 Å². The molecule has 0 radical (unpaired) electrons. The number of nitrogens with one attached hydrogen (secondary N) is 1. The molecule has 0 aliphatic carbocycles. The molecule has 1 atom stereocenters. The van der Waals surface area contributed by atoms with Crippen LogP contribution in [0.5, 0.6) is 0 Å². The predicted molar refractivity (Wildman–Crippen MR) is 63.0 cm³/mol. The molecule has 1 aromatic rings. The van der Waals surface area contributed by atoms with Gasteiger partial charge < -0.3 is 0 Å². The van der Waals surface area contributed by atoms with Crippen LogP contribution in [0.25, 0.3) is 0 Å². The van der Waals surface area contributed by atoms with Crippen LogP contribution in [0.3, 0.4) is 0 Å². The number of carbonyl (C=O) groups excluding carboxylic acids is 2. The van der Waals surface area contributed by atoms with Crippen LogP contribution in [0.2, 0.25) is 0 Å². The number of hydrogen-bond donors (Lipinski definition) is 1. The molecule has 6 heteroatoms. The molecular formula is C12H12N2O4. The molecule has 94 valence electrons. The fourth-order valence-corrected chi connectivity index (χ4v) is 1.97. The van der Waals surface area contributed by atoms with Crippen LogP contribution >= 0.6 is 0 Å². The zero-order valence-electron chi connectivity index (χ0n) is 9.80. The van der Waals surface area contributed by atoms with Crippen LogP contribution in [-0.4, -0.2) is 22.8 Å². The van der Waals surface area contributed by atoms with Crippen LogP contribution in [0.15, 0.2) is 18.2 Å². The van der Waals surface area contributed by atoms with Crippen LogP contribution in [0.1, 0.15) is 39.6 Å². The molecule has 2 amide bonds. The van der Waals surface area contributed by atoms with Crippen molar-refractivity contribution in [2.24, 2.45) is 0 Å². The average molecular weight is 248 g/mol. The number of nitro groups is 1. The van der Waals surface area contributed by atoms with Gasteiger partial charge in [0.2, 0.25) is 6.04 Å². The summed E-state index contributed by atoms with van der Waals surface area (Å²) < 4.78 is 0. The Morgan fingerprint density at radius 1 is 1.33 bits per heavy atom. The second-order valence-electron chi connectivity index (χ2n) is 4.30. The molecule has 18 heavy (non-hydrogen) atoms. The summed E-state index contributed by atoms with van der Waals surface area (Å²) in [4.78, 5) is 33.2. The van der Waals surface area contributed by atoms with E-state index in [0.29, 0.717) is 29.5 Å². The van der Waals surface area contributed by atoms with Gasteiger partial charge in [-0.2, -0.15) is 0 Å². The van der Waals surface area contributed by atoms with Gasteiger partial charge >= 0.3 is 0 Å². The number of nitrogens with zero attached hydrogens (tertiary/aromatic N) is 1. The first-order valence-corrected chi connectivity index (χ1v) is 5.61. The fourth-order valence-electron chi connectivity index (χ4n) is 1.97. The predicted octanol–water partition coefficient (Wildman–Crippen LogP) is 1.17. The zero-order chi connectivity index (χ0) is 13.3. The quantitative estimate of drug-likeness (QED) is 0.492. The van der Waals surface area contributed by atoms with Gasteiger partial charge in [0.15, 0.2) is 0 Å². The van der Waals surface area contributed by atoms with Crippen LogP contribution in [0, 0.1) is 10.1 Å². The molecule has 6 nitrogen and oxygen atoms in total. The largest absolute Gasteiger partial charge is 0.288 e. The Morgan fingerprint density at radius 3 is 2.72 bits per heavy atom. The molecule has 1 aromatic carbocycles. The van der Waals surface area contributed by atoms with Crippen molar-refractivity contribution in [3.05, 3.63) is 45.0 Å². The number of imide groups is 1. The third-order valence-electron chi connectivity index (χ3n) is 3.04. The monoisotopic (exact) mass is 248 g/mol. The van der Waals surface area contributed by atoms with Gasteiger partial charge in [-0.05, 0) is 18.1 Å². The molecule has 1 heterocycles. The fraction of sp³-hybridized carbons (Fsp3) is 0.333. The Morgan fingerprint density at radius 2 is 2.06 bits per heavy atom. The Hall–Kier alpha value is -2.24. The second kappa shape index (κ2) is 4.56. The van der Waals surface area contributed by atoms with E-state index in [-0.39, 0.29) is 4.92 Å². The van der Waals surface area contributed by atoms with E-state index in [9.17, 15) is 19.7 Å². The molecule has 1 unspecified atom stereocenters. The number of benzene rings is 1. The van der Waals surface area contributed by atoms with Crippen LogP contribution in [0.4, 0.5) is 0 Å². The van der Waals surface area contributed by atoms with Crippen molar-refractivity contribution in [2.75, 3.05) is 0 Å². The van der Waals surface area contributed by atoms with Gasteiger partial charge in [0.05, 0.1) is 11.1 Å². The summed E-state index contributed by atoms with van der Waals surface area (Å²) in [6.07, 6.45) is 0.747. The van der Waals surface area contributed by atoms with Crippen LogP contribution in [-0.2, 0) is 6.42 Å². The molecule has 1 aliphatic rings. The summed E-state index contributed by atoms with van der Waals surface area (Å²) in [7, 11) is 0. The zero-order valence-corrected chi connectivity index (χ0v) is 9.80. The van der Waals surface area contributed by atoms with E-state index in [1.807, 2.05) is 0 Å². The maximum absolute atomic E-state index is 11.6. The van der Waals surface area contributed by atoms with Crippen molar-refractivity contribution in [2.45, 2.75) is 25.8 Å². The first-order chi connectivity index (χ1) is 8.50. The molecule has 2 rings (SSSR count). The maximum atomic E-state index is 11.6. The number of fused-ring (bicyclic) bond motifs is 1. The number of hydrogen-bond acceptors (Lipinski definition) is 4. The van der Waals surface area contributed by atoms with Crippen molar-refractivity contribution in [1.29, 1.82) is 0 Å². The smallest absolute Gasteiger partial charge is 0.259 e. The van der Waals surface area contributed by atoms with E-state index in [2.05, 4.69) is 5.32 Å². The molecule has 0 saturated heterocycles. The number of amides is 2. The van der Waals surface area contributed by atoms with E-state index in [4.69, 9.17) is 0 Å². The Bertz CT molecular complexity index is 539. The van der Waals surface area contributed by atoms with E-state index < -0.39 is 17.9 Å². The van der Waals surface area contributed by atoms with Crippen molar-refractivity contribution in [1.82, 2.24) is 5.32 Å². The van der Waals surface area contributed by atoms with E-state index in [1.54, 1.807) is 18.2 Å². The molecule has 0 fully saturated rings. The minimum atomic E-state index is -0.666. The minimum Gasteiger partial charge on any atom is -0.288 e. The standard InChI is InChI=1S/C12H12N2O4/c1-7(14(17)18)5-6-8-3-2-4-9-10(8)12(16)13-11(9)15/h2-4,7H,5-6H2,1H3,(H,13,15,16). The highest BCUT2D eigenvalue weighted by Crippen LogP contribution is 2.21. The van der Waals surface area contributed by atoms with Gasteiger partial charge in [-0.15, -0.1) is 0 Å². The molecule has 1 N–H and O–H groups in total. The third-order valence-corrected chi connectivity index (χ3v) is 3.04. The highest BCUT2D eigenvalue weighted by molar-refractivity contribution is 6.22. The Labute approximate surface area is 103 Å². The summed E-state index contributed by atoms with van der Waals surface area (Å²) in [6, 6.07) is 4.32. The van der Waals surface area contributed by atoms with Gasteiger partial charge in [0.25, 0.3) is 11.8 Å². The maximum Gasteiger partial charge on any atom is 0.259 e. The lowest BCUT2D eigenvalue weighted by molar-refractivity contribution is -0.518. The molecule has 0 saturated carbocycles. The number of aryl methyl sites for hydroxylation is 1. The summed E-state index contributed by atoms with van der Waals surface area (Å²) in [5.41, 5.74) is 1.40. The minimum absolute atomic E-state index is 0.338. The molecule has 0 bridgehead atoms. The van der Waals surface area contributed by atoms with Gasteiger partial charge in [0.1, 0.15) is 0 Å². The van der Waals surface area contributed by atoms with Crippen molar-refractivity contribution in [3.8, 4) is 0 Å². The molecule has 0 spiro atoms. The van der Waals surface area contributed by atoms with Crippen LogP contribution < -0.4 is 5.32 Å². The first kappa shape index (κ1) is 12.2. The van der Waals surface area contributed by atoms with Crippen molar-refractivity contribution in [3.63, 3.8) is 0 Å². The topological polar surface area (TPSA) is 89.3 Å². The highest BCUT2D eigenvalue weighted by Gasteiger charge is 2.29. The molecule has 1 aliphatic heterocycles. The van der Waals surface area contributed by atoms with E-state index >= 15 is 0 Å². The van der Waals surface area contributed by atoms with E-state index in [0.717, 1.165) is 0 Å². The SMILES string of the molecule is CC(CCc1cccc2c1C(=O)NC2=O)[N+](=O)[O-]. The summed E-state index contributed by atoms with van der Waals surface area (Å²) in [5.74, 6) is -0.821. The number of rotatable bonds is 4. The lowest BCUT2D eigenvalue weighted by Gasteiger charge is -2.06.